The van der Waals surface area contributed by atoms with Crippen LogP contribution in [0.5, 0.6) is 0 Å². The molecule has 0 aliphatic rings. The molecule has 4 nitrogen and oxygen atoms in total. The van der Waals surface area contributed by atoms with Crippen LogP contribution in [-0.4, -0.2) is 11.0 Å². The van der Waals surface area contributed by atoms with Gasteiger partial charge >= 0.3 is 0 Å². The Morgan fingerprint density at radius 2 is 1.94 bits per heavy atom. The van der Waals surface area contributed by atoms with Crippen LogP contribution in [0.15, 0.2) is 18.2 Å². The highest BCUT2D eigenvalue weighted by Crippen LogP contribution is 2.27. The lowest BCUT2D eigenvalue weighted by atomic mass is 10.1. The van der Waals surface area contributed by atoms with Gasteiger partial charge in [0, 0.05) is 18.2 Å². The first-order valence-corrected chi connectivity index (χ1v) is 6.29. The van der Waals surface area contributed by atoms with Gasteiger partial charge in [-0.1, -0.05) is 26.7 Å². The molecule has 0 radical (unpaired) electrons. The first kappa shape index (κ1) is 14.4. The maximum Gasteiger partial charge on any atom is 0.292 e. The Labute approximate surface area is 106 Å². The predicted octanol–water partition coefficient (Wildman–Crippen LogP) is 4.11. The molecular formula is C13H19FN2O2. The second-order valence-electron chi connectivity index (χ2n) is 4.34. The molecule has 5 heteroatoms. The summed E-state index contributed by atoms with van der Waals surface area (Å²) in [5.74, 6) is -0.463. The molecule has 0 aliphatic heterocycles. The monoisotopic (exact) mass is 254 g/mol. The van der Waals surface area contributed by atoms with E-state index in [1.807, 2.05) is 0 Å². The Morgan fingerprint density at radius 1 is 1.33 bits per heavy atom. The number of hydrogen-bond acceptors (Lipinski definition) is 3. The molecule has 0 fully saturated rings. The summed E-state index contributed by atoms with van der Waals surface area (Å²) in [5, 5.41) is 14.0. The van der Waals surface area contributed by atoms with Gasteiger partial charge in [-0.15, -0.1) is 0 Å². The zero-order chi connectivity index (χ0) is 13.5. The number of nitrogens with zero attached hydrogens (tertiary/aromatic N) is 1. The van der Waals surface area contributed by atoms with E-state index in [0.29, 0.717) is 0 Å². The largest absolute Gasteiger partial charge is 0.377 e. The number of nitro groups is 1. The molecule has 1 aromatic rings. The Bertz CT molecular complexity index is 404. The molecule has 18 heavy (non-hydrogen) atoms. The minimum absolute atomic E-state index is 0.0754. The summed E-state index contributed by atoms with van der Waals surface area (Å²) >= 11 is 0. The smallest absolute Gasteiger partial charge is 0.292 e. The predicted molar refractivity (Wildman–Crippen MR) is 70.3 cm³/mol. The number of nitro benzene ring substituents is 1. The maximum atomic E-state index is 13.2. The van der Waals surface area contributed by atoms with Crippen molar-refractivity contribution < 1.29 is 9.31 Å². The lowest BCUT2D eigenvalue weighted by Crippen LogP contribution is -2.19. The molecule has 100 valence electrons. The number of benzene rings is 1. The van der Waals surface area contributed by atoms with Crippen molar-refractivity contribution in [1.82, 2.24) is 0 Å². The minimum atomic E-state index is -0.489. The number of nitrogens with one attached hydrogen (secondary N) is 1. The lowest BCUT2D eigenvalue weighted by molar-refractivity contribution is -0.384. The van der Waals surface area contributed by atoms with Gasteiger partial charge in [-0.3, -0.25) is 10.1 Å². The van der Waals surface area contributed by atoms with Gasteiger partial charge in [0.15, 0.2) is 0 Å². The summed E-state index contributed by atoms with van der Waals surface area (Å²) in [4.78, 5) is 10.4. The van der Waals surface area contributed by atoms with Gasteiger partial charge in [0.05, 0.1) is 4.92 Å². The topological polar surface area (TPSA) is 55.2 Å². The Morgan fingerprint density at radius 3 is 2.44 bits per heavy atom. The normalized spacial score (nSPS) is 10.7. The molecule has 0 heterocycles. The Balaban J connectivity index is 2.92. The summed E-state index contributed by atoms with van der Waals surface area (Å²) < 4.78 is 13.2. The van der Waals surface area contributed by atoms with E-state index in [9.17, 15) is 14.5 Å². The van der Waals surface area contributed by atoms with Crippen molar-refractivity contribution in [2.24, 2.45) is 0 Å². The van der Waals surface area contributed by atoms with E-state index in [1.54, 1.807) is 0 Å². The highest BCUT2D eigenvalue weighted by atomic mass is 19.1. The SMILES string of the molecule is CCCC(CCC)Nc1cc(F)ccc1[N+](=O)[O-]. The van der Waals surface area contributed by atoms with Crippen LogP contribution >= 0.6 is 0 Å². The third-order valence-corrected chi connectivity index (χ3v) is 2.79. The summed E-state index contributed by atoms with van der Waals surface area (Å²) in [6, 6.07) is 3.65. The van der Waals surface area contributed by atoms with Crippen molar-refractivity contribution in [3.63, 3.8) is 0 Å². The van der Waals surface area contributed by atoms with Crippen molar-refractivity contribution in [3.8, 4) is 0 Å². The fourth-order valence-electron chi connectivity index (χ4n) is 1.99. The minimum Gasteiger partial charge on any atom is -0.377 e. The van der Waals surface area contributed by atoms with Crippen LogP contribution in [0.25, 0.3) is 0 Å². The van der Waals surface area contributed by atoms with Gasteiger partial charge in [0.1, 0.15) is 11.5 Å². The first-order chi connectivity index (χ1) is 8.58. The van der Waals surface area contributed by atoms with Crippen molar-refractivity contribution >= 4 is 11.4 Å². The van der Waals surface area contributed by atoms with Gasteiger partial charge < -0.3 is 5.32 Å². The van der Waals surface area contributed by atoms with Crippen LogP contribution in [-0.2, 0) is 0 Å². The first-order valence-electron chi connectivity index (χ1n) is 6.29. The van der Waals surface area contributed by atoms with E-state index in [-0.39, 0.29) is 17.4 Å². The van der Waals surface area contributed by atoms with E-state index >= 15 is 0 Å². The zero-order valence-corrected chi connectivity index (χ0v) is 10.8. The van der Waals surface area contributed by atoms with Crippen LogP contribution in [0.2, 0.25) is 0 Å². The second kappa shape index (κ2) is 6.93. The van der Waals surface area contributed by atoms with Crippen LogP contribution in [0.3, 0.4) is 0 Å². The van der Waals surface area contributed by atoms with Gasteiger partial charge in [0.2, 0.25) is 0 Å². The quantitative estimate of drug-likeness (QED) is 0.588. The third-order valence-electron chi connectivity index (χ3n) is 2.79. The van der Waals surface area contributed by atoms with Crippen molar-refractivity contribution in [3.05, 3.63) is 34.1 Å². The standard InChI is InChI=1S/C13H19FN2O2/c1-3-5-11(6-4-2)15-12-9-10(14)7-8-13(12)16(17)18/h7-9,11,15H,3-6H2,1-2H3. The van der Waals surface area contributed by atoms with E-state index < -0.39 is 10.7 Å². The van der Waals surface area contributed by atoms with E-state index in [0.717, 1.165) is 31.7 Å². The van der Waals surface area contributed by atoms with Crippen LogP contribution in [0, 0.1) is 15.9 Å². The molecular weight excluding hydrogens is 235 g/mol. The highest BCUT2D eigenvalue weighted by molar-refractivity contribution is 5.61. The molecule has 0 unspecified atom stereocenters. The molecule has 0 amide bonds. The summed E-state index contributed by atoms with van der Waals surface area (Å²) in [6.45, 7) is 4.12. The van der Waals surface area contributed by atoms with Gasteiger partial charge in [-0.05, 0) is 18.9 Å². The highest BCUT2D eigenvalue weighted by Gasteiger charge is 2.17. The number of hydrogen-bond donors (Lipinski definition) is 1. The van der Waals surface area contributed by atoms with Crippen LogP contribution in [0.4, 0.5) is 15.8 Å². The Hall–Kier alpha value is -1.65. The van der Waals surface area contributed by atoms with E-state index in [1.165, 1.54) is 12.1 Å². The van der Waals surface area contributed by atoms with Gasteiger partial charge in [0.25, 0.3) is 5.69 Å². The molecule has 1 aromatic carbocycles. The number of rotatable bonds is 7. The Kier molecular flexibility index (Phi) is 5.55. The molecule has 1 rings (SSSR count). The molecule has 0 aliphatic carbocycles. The van der Waals surface area contributed by atoms with E-state index in [2.05, 4.69) is 19.2 Å². The van der Waals surface area contributed by atoms with E-state index in [4.69, 9.17) is 0 Å². The molecule has 0 spiro atoms. The molecule has 0 aromatic heterocycles. The van der Waals surface area contributed by atoms with Crippen molar-refractivity contribution in [1.29, 1.82) is 0 Å². The average molecular weight is 254 g/mol. The van der Waals surface area contributed by atoms with Gasteiger partial charge in [-0.25, -0.2) is 4.39 Å². The summed E-state index contributed by atoms with van der Waals surface area (Å²) in [5.41, 5.74) is 0.195. The molecule has 0 saturated carbocycles. The fourth-order valence-corrected chi connectivity index (χ4v) is 1.99. The second-order valence-corrected chi connectivity index (χ2v) is 4.34. The summed E-state index contributed by atoms with van der Waals surface area (Å²) in [7, 11) is 0. The lowest BCUT2D eigenvalue weighted by Gasteiger charge is -2.18. The molecule has 0 bridgehead atoms. The van der Waals surface area contributed by atoms with Crippen LogP contribution in [0.1, 0.15) is 39.5 Å². The molecule has 0 atom stereocenters. The van der Waals surface area contributed by atoms with Gasteiger partial charge in [-0.2, -0.15) is 0 Å². The molecule has 0 saturated heterocycles. The molecule has 1 N–H and O–H groups in total. The average Bonchev–Trinajstić information content (AvgIpc) is 2.29. The third kappa shape index (κ3) is 3.98. The van der Waals surface area contributed by atoms with Crippen molar-refractivity contribution in [2.75, 3.05) is 5.32 Å². The summed E-state index contributed by atoms with van der Waals surface area (Å²) in [6.07, 6.45) is 3.81. The fraction of sp³-hybridized carbons (Fsp3) is 0.538. The number of anilines is 1. The number of halogens is 1. The maximum absolute atomic E-state index is 13.2. The van der Waals surface area contributed by atoms with Crippen LogP contribution < -0.4 is 5.32 Å². The zero-order valence-electron chi connectivity index (χ0n) is 10.8. The van der Waals surface area contributed by atoms with Crippen molar-refractivity contribution in [2.45, 2.75) is 45.6 Å².